The molecule has 1 saturated heterocycles. The molecular weight excluding hydrogens is 250 g/mol. The van der Waals surface area contributed by atoms with Crippen molar-refractivity contribution in [1.29, 1.82) is 0 Å². The number of ether oxygens (including phenoxy) is 1. The molecule has 4 nitrogen and oxygen atoms in total. The molecule has 0 N–H and O–H groups in total. The minimum absolute atomic E-state index is 0.0617. The van der Waals surface area contributed by atoms with E-state index in [2.05, 4.69) is 35.8 Å². The molecule has 5 heteroatoms. The molecule has 1 aromatic heterocycles. The first-order valence-electron chi connectivity index (χ1n) is 6.38. The van der Waals surface area contributed by atoms with Crippen LogP contribution in [0.1, 0.15) is 31.5 Å². The number of likely N-dealkylation sites (N-methyl/N-ethyl adjacent to an activating group) is 1. The Morgan fingerprint density at radius 3 is 2.94 bits per heavy atom. The van der Waals surface area contributed by atoms with Crippen molar-refractivity contribution in [3.8, 4) is 0 Å². The maximum atomic E-state index is 6.07. The summed E-state index contributed by atoms with van der Waals surface area (Å²) in [6.45, 7) is 6.83. The highest BCUT2D eigenvalue weighted by atomic mass is 35.5. The minimum atomic E-state index is -0.0617. The monoisotopic (exact) mass is 269 g/mol. The van der Waals surface area contributed by atoms with Crippen molar-refractivity contribution in [2.75, 3.05) is 26.7 Å². The van der Waals surface area contributed by atoms with Gasteiger partial charge in [0.25, 0.3) is 0 Å². The fourth-order valence-corrected chi connectivity index (χ4v) is 2.30. The van der Waals surface area contributed by atoms with Crippen LogP contribution >= 0.6 is 11.6 Å². The van der Waals surface area contributed by atoms with Crippen LogP contribution in [0.5, 0.6) is 0 Å². The number of hydrogen-bond acceptors (Lipinski definition) is 4. The Balaban J connectivity index is 2.18. The van der Waals surface area contributed by atoms with Gasteiger partial charge in [0.1, 0.15) is 11.3 Å². The number of rotatable bonds is 3. The second kappa shape index (κ2) is 5.95. The van der Waals surface area contributed by atoms with Crippen molar-refractivity contribution in [2.24, 2.45) is 5.92 Å². The van der Waals surface area contributed by atoms with E-state index in [1.165, 1.54) is 0 Å². The fraction of sp³-hybridized carbons (Fsp3) is 0.692. The van der Waals surface area contributed by atoms with E-state index < -0.39 is 0 Å². The van der Waals surface area contributed by atoms with Crippen LogP contribution in [0.4, 0.5) is 0 Å². The minimum Gasteiger partial charge on any atom is -0.368 e. The lowest BCUT2D eigenvalue weighted by molar-refractivity contribution is -0.0256. The van der Waals surface area contributed by atoms with Gasteiger partial charge in [0.15, 0.2) is 5.82 Å². The van der Waals surface area contributed by atoms with Gasteiger partial charge in [0.05, 0.1) is 6.61 Å². The van der Waals surface area contributed by atoms with Gasteiger partial charge in [0, 0.05) is 18.8 Å². The van der Waals surface area contributed by atoms with Crippen molar-refractivity contribution in [2.45, 2.75) is 26.4 Å². The molecule has 1 unspecified atom stereocenters. The van der Waals surface area contributed by atoms with Gasteiger partial charge in [-0.15, -0.1) is 0 Å². The lowest BCUT2D eigenvalue weighted by Gasteiger charge is -2.29. The van der Waals surface area contributed by atoms with Crippen LogP contribution in [0.3, 0.4) is 0 Å². The van der Waals surface area contributed by atoms with Crippen LogP contribution in [-0.4, -0.2) is 41.6 Å². The van der Waals surface area contributed by atoms with Gasteiger partial charge < -0.3 is 9.64 Å². The predicted molar refractivity (Wildman–Crippen MR) is 71.8 cm³/mol. The maximum absolute atomic E-state index is 6.07. The SMILES string of the molecule is CC(C)Cc1cc(Cl)nc(C2CN(C)CCO2)n1. The number of morpholine rings is 1. The fourth-order valence-electron chi connectivity index (χ4n) is 2.08. The van der Waals surface area contributed by atoms with E-state index in [1.54, 1.807) is 0 Å². The summed E-state index contributed by atoms with van der Waals surface area (Å²) in [5, 5.41) is 0.507. The highest BCUT2D eigenvalue weighted by Crippen LogP contribution is 2.21. The molecule has 2 rings (SSSR count). The third kappa shape index (κ3) is 3.64. The summed E-state index contributed by atoms with van der Waals surface area (Å²) in [5.74, 6) is 1.27. The molecule has 2 heterocycles. The van der Waals surface area contributed by atoms with Gasteiger partial charge in [-0.25, -0.2) is 9.97 Å². The van der Waals surface area contributed by atoms with Crippen LogP contribution < -0.4 is 0 Å². The number of aromatic nitrogens is 2. The number of nitrogens with zero attached hydrogens (tertiary/aromatic N) is 3. The molecule has 0 spiro atoms. The topological polar surface area (TPSA) is 38.2 Å². The first kappa shape index (κ1) is 13.7. The third-order valence-electron chi connectivity index (χ3n) is 2.94. The van der Waals surface area contributed by atoms with E-state index in [0.29, 0.717) is 16.9 Å². The summed E-state index contributed by atoms with van der Waals surface area (Å²) in [4.78, 5) is 11.1. The van der Waals surface area contributed by atoms with Crippen molar-refractivity contribution in [1.82, 2.24) is 14.9 Å². The zero-order valence-corrected chi connectivity index (χ0v) is 11.9. The van der Waals surface area contributed by atoms with Crippen LogP contribution in [0.25, 0.3) is 0 Å². The molecule has 1 aliphatic heterocycles. The van der Waals surface area contributed by atoms with Crippen molar-refractivity contribution >= 4 is 11.6 Å². The van der Waals surface area contributed by atoms with Crippen molar-refractivity contribution in [3.05, 3.63) is 22.7 Å². The van der Waals surface area contributed by atoms with Gasteiger partial charge in [-0.1, -0.05) is 25.4 Å². The van der Waals surface area contributed by atoms with Crippen LogP contribution in [0.2, 0.25) is 5.15 Å². The van der Waals surface area contributed by atoms with Crippen LogP contribution in [0, 0.1) is 5.92 Å². The quantitative estimate of drug-likeness (QED) is 0.790. The average Bonchev–Trinajstić information content (AvgIpc) is 2.27. The first-order chi connectivity index (χ1) is 8.54. The molecular formula is C13H20ClN3O. The molecule has 18 heavy (non-hydrogen) atoms. The highest BCUT2D eigenvalue weighted by molar-refractivity contribution is 6.29. The van der Waals surface area contributed by atoms with Gasteiger partial charge in [-0.3, -0.25) is 0 Å². The van der Waals surface area contributed by atoms with E-state index in [-0.39, 0.29) is 6.10 Å². The Morgan fingerprint density at radius 1 is 1.50 bits per heavy atom. The maximum Gasteiger partial charge on any atom is 0.160 e. The van der Waals surface area contributed by atoms with E-state index >= 15 is 0 Å². The van der Waals surface area contributed by atoms with Gasteiger partial charge in [0.2, 0.25) is 0 Å². The Hall–Kier alpha value is -0.710. The summed E-state index contributed by atoms with van der Waals surface area (Å²) in [6, 6.07) is 1.84. The van der Waals surface area contributed by atoms with Crippen molar-refractivity contribution in [3.63, 3.8) is 0 Å². The summed E-state index contributed by atoms with van der Waals surface area (Å²) in [5.41, 5.74) is 0.997. The molecule has 1 fully saturated rings. The Bertz CT molecular complexity index is 411. The largest absolute Gasteiger partial charge is 0.368 e. The molecule has 0 radical (unpaired) electrons. The zero-order valence-electron chi connectivity index (χ0n) is 11.2. The third-order valence-corrected chi connectivity index (χ3v) is 3.13. The zero-order chi connectivity index (χ0) is 13.1. The molecule has 1 atom stereocenters. The molecule has 100 valence electrons. The molecule has 0 bridgehead atoms. The summed E-state index contributed by atoms with van der Waals surface area (Å²) in [7, 11) is 2.08. The Morgan fingerprint density at radius 2 is 2.28 bits per heavy atom. The lowest BCUT2D eigenvalue weighted by atomic mass is 10.1. The molecule has 0 saturated carbocycles. The van der Waals surface area contributed by atoms with Gasteiger partial charge >= 0.3 is 0 Å². The molecule has 0 aliphatic carbocycles. The standard InChI is InChI=1S/C13H20ClN3O/c1-9(2)6-10-7-12(14)16-13(15-10)11-8-17(3)4-5-18-11/h7,9,11H,4-6,8H2,1-3H3. The van der Waals surface area contributed by atoms with Gasteiger partial charge in [-0.05, 0) is 25.5 Å². The summed E-state index contributed by atoms with van der Waals surface area (Å²) < 4.78 is 5.72. The van der Waals surface area contributed by atoms with E-state index in [0.717, 1.165) is 31.8 Å². The predicted octanol–water partition coefficient (Wildman–Crippen LogP) is 2.33. The Labute approximate surface area is 113 Å². The highest BCUT2D eigenvalue weighted by Gasteiger charge is 2.22. The molecule has 0 amide bonds. The van der Waals surface area contributed by atoms with Crippen LogP contribution in [-0.2, 0) is 11.2 Å². The summed E-state index contributed by atoms with van der Waals surface area (Å²) in [6.07, 6.45) is 0.853. The van der Waals surface area contributed by atoms with Crippen molar-refractivity contribution < 1.29 is 4.74 Å². The number of hydrogen-bond donors (Lipinski definition) is 0. The second-order valence-corrected chi connectivity index (χ2v) is 5.65. The molecule has 1 aromatic rings. The lowest BCUT2D eigenvalue weighted by Crippen LogP contribution is -2.36. The second-order valence-electron chi connectivity index (χ2n) is 5.26. The molecule has 0 aromatic carbocycles. The number of halogens is 1. The first-order valence-corrected chi connectivity index (χ1v) is 6.76. The smallest absolute Gasteiger partial charge is 0.160 e. The Kier molecular flexibility index (Phi) is 4.54. The summed E-state index contributed by atoms with van der Waals surface area (Å²) >= 11 is 6.07. The van der Waals surface area contributed by atoms with Gasteiger partial charge in [-0.2, -0.15) is 0 Å². The van der Waals surface area contributed by atoms with Crippen LogP contribution in [0.15, 0.2) is 6.07 Å². The van der Waals surface area contributed by atoms with E-state index in [9.17, 15) is 0 Å². The van der Waals surface area contributed by atoms with E-state index in [1.807, 2.05) is 6.07 Å². The molecule has 1 aliphatic rings. The average molecular weight is 270 g/mol. The van der Waals surface area contributed by atoms with E-state index in [4.69, 9.17) is 16.3 Å². The normalized spacial score (nSPS) is 21.5.